The molecule has 1 saturated heterocycles. The van der Waals surface area contributed by atoms with Gasteiger partial charge >= 0.3 is 5.97 Å². The van der Waals surface area contributed by atoms with Crippen molar-refractivity contribution in [1.29, 1.82) is 0 Å². The van der Waals surface area contributed by atoms with Crippen LogP contribution in [-0.4, -0.2) is 48.1 Å². The van der Waals surface area contributed by atoms with E-state index < -0.39 is 16.0 Å². The molecule has 2 heterocycles. The Morgan fingerprint density at radius 1 is 1.27 bits per heavy atom. The summed E-state index contributed by atoms with van der Waals surface area (Å²) in [7, 11) is -3.14. The lowest BCUT2D eigenvalue weighted by Gasteiger charge is -2.30. The van der Waals surface area contributed by atoms with Gasteiger partial charge in [0.2, 0.25) is 10.0 Å². The van der Waals surface area contributed by atoms with Gasteiger partial charge in [-0.2, -0.15) is 0 Å². The molecule has 6 nitrogen and oxygen atoms in total. The van der Waals surface area contributed by atoms with Gasteiger partial charge in [-0.25, -0.2) is 17.5 Å². The Bertz CT molecular complexity index is 894. The van der Waals surface area contributed by atoms with E-state index in [0.717, 1.165) is 24.8 Å². The smallest absolute Gasteiger partial charge is 0.336 e. The van der Waals surface area contributed by atoms with Gasteiger partial charge in [-0.3, -0.25) is 4.98 Å². The van der Waals surface area contributed by atoms with E-state index in [2.05, 4.69) is 4.98 Å². The van der Waals surface area contributed by atoms with Crippen LogP contribution in [0.3, 0.4) is 0 Å². The molecule has 1 aliphatic heterocycles. The summed E-state index contributed by atoms with van der Waals surface area (Å²) in [5.41, 5.74) is 2.46. The Balaban J connectivity index is 1.74. The molecule has 138 valence electrons. The van der Waals surface area contributed by atoms with Crippen LogP contribution >= 0.6 is 0 Å². The molecule has 2 aromatic rings. The van der Waals surface area contributed by atoms with Crippen LogP contribution in [0.5, 0.6) is 0 Å². The summed E-state index contributed by atoms with van der Waals surface area (Å²) in [5.74, 6) is -0.702. The number of hydrogen-bond acceptors (Lipinski definition) is 4. The third-order valence-electron chi connectivity index (χ3n) is 4.73. The molecule has 0 unspecified atom stereocenters. The molecular formula is C19H22N2O4S. The highest BCUT2D eigenvalue weighted by atomic mass is 32.2. The first-order valence-electron chi connectivity index (χ1n) is 8.57. The number of benzene rings is 1. The SMILES string of the molecule is CS(=O)(=O)N1CCC[C@@H](Cc2ccc(-c3ccccc3C(=O)O)nc2)C1. The van der Waals surface area contributed by atoms with Crippen molar-refractivity contribution in [2.24, 2.45) is 5.92 Å². The first-order valence-corrected chi connectivity index (χ1v) is 10.4. The first kappa shape index (κ1) is 18.5. The average Bonchev–Trinajstić information content (AvgIpc) is 2.62. The molecule has 0 aliphatic carbocycles. The molecule has 1 fully saturated rings. The number of sulfonamides is 1. The topological polar surface area (TPSA) is 87.6 Å². The van der Waals surface area contributed by atoms with Gasteiger partial charge in [0, 0.05) is 24.8 Å². The number of piperidine rings is 1. The number of carbonyl (C=O) groups is 1. The van der Waals surface area contributed by atoms with Crippen molar-refractivity contribution in [3.8, 4) is 11.3 Å². The van der Waals surface area contributed by atoms with Crippen LogP contribution < -0.4 is 0 Å². The lowest BCUT2D eigenvalue weighted by Crippen LogP contribution is -2.39. The Morgan fingerprint density at radius 2 is 2.04 bits per heavy atom. The second-order valence-corrected chi connectivity index (χ2v) is 8.72. The zero-order chi connectivity index (χ0) is 18.7. The van der Waals surface area contributed by atoms with Crippen molar-refractivity contribution in [1.82, 2.24) is 9.29 Å². The van der Waals surface area contributed by atoms with E-state index in [4.69, 9.17) is 0 Å². The largest absolute Gasteiger partial charge is 0.478 e. The summed E-state index contributed by atoms with van der Waals surface area (Å²) >= 11 is 0. The zero-order valence-electron chi connectivity index (χ0n) is 14.6. The van der Waals surface area contributed by atoms with Crippen molar-refractivity contribution < 1.29 is 18.3 Å². The average molecular weight is 374 g/mol. The van der Waals surface area contributed by atoms with Gasteiger partial charge in [0.15, 0.2) is 0 Å². The summed E-state index contributed by atoms with van der Waals surface area (Å²) in [6.07, 6.45) is 5.64. The highest BCUT2D eigenvalue weighted by molar-refractivity contribution is 7.88. The van der Waals surface area contributed by atoms with Crippen LogP contribution in [0.25, 0.3) is 11.3 Å². The number of hydrogen-bond donors (Lipinski definition) is 1. The molecule has 0 bridgehead atoms. The first-order chi connectivity index (χ1) is 12.3. The third kappa shape index (κ3) is 4.28. The quantitative estimate of drug-likeness (QED) is 0.869. The number of nitrogens with zero attached hydrogens (tertiary/aromatic N) is 2. The molecule has 1 aliphatic rings. The standard InChI is InChI=1S/C19H22N2O4S/c1-26(24,25)21-10-4-5-15(13-21)11-14-8-9-18(20-12-14)16-6-2-3-7-17(16)19(22)23/h2-3,6-9,12,15H,4-5,10-11,13H2,1H3,(H,22,23)/t15-/m0/s1. The van der Waals surface area contributed by atoms with Crippen molar-refractivity contribution in [2.75, 3.05) is 19.3 Å². The second-order valence-electron chi connectivity index (χ2n) is 6.74. The summed E-state index contributed by atoms with van der Waals surface area (Å²) in [4.78, 5) is 15.8. The third-order valence-corrected chi connectivity index (χ3v) is 6.00. The Hall–Kier alpha value is -2.25. The molecule has 0 amide bonds. The number of aromatic nitrogens is 1. The van der Waals surface area contributed by atoms with E-state index in [9.17, 15) is 18.3 Å². The minimum atomic E-state index is -3.14. The normalized spacial score (nSPS) is 18.6. The van der Waals surface area contributed by atoms with Gasteiger partial charge < -0.3 is 5.11 Å². The molecule has 1 aromatic carbocycles. The molecule has 3 rings (SSSR count). The Labute approximate surface area is 153 Å². The number of aromatic carboxylic acids is 1. The van der Waals surface area contributed by atoms with Crippen molar-refractivity contribution in [2.45, 2.75) is 19.3 Å². The minimum Gasteiger partial charge on any atom is -0.478 e. The monoisotopic (exact) mass is 374 g/mol. The molecule has 1 atom stereocenters. The maximum atomic E-state index is 11.7. The highest BCUT2D eigenvalue weighted by Gasteiger charge is 2.26. The minimum absolute atomic E-state index is 0.226. The van der Waals surface area contributed by atoms with Crippen LogP contribution in [0.4, 0.5) is 0 Å². The maximum Gasteiger partial charge on any atom is 0.336 e. The van der Waals surface area contributed by atoms with Gasteiger partial charge in [-0.15, -0.1) is 0 Å². The molecule has 26 heavy (non-hydrogen) atoms. The van der Waals surface area contributed by atoms with Crippen molar-refractivity contribution in [3.05, 3.63) is 53.7 Å². The van der Waals surface area contributed by atoms with Crippen molar-refractivity contribution >= 4 is 16.0 Å². The van der Waals surface area contributed by atoms with Crippen molar-refractivity contribution in [3.63, 3.8) is 0 Å². The van der Waals surface area contributed by atoms with Gasteiger partial charge in [-0.05, 0) is 42.9 Å². The number of carboxylic acid groups (broad SMARTS) is 1. The van der Waals surface area contributed by atoms with Crippen LogP contribution in [0.2, 0.25) is 0 Å². The van der Waals surface area contributed by atoms with Gasteiger partial charge in [0.05, 0.1) is 17.5 Å². The van der Waals surface area contributed by atoms with E-state index in [-0.39, 0.29) is 11.5 Å². The molecule has 7 heteroatoms. The Kier molecular flexibility index (Phi) is 5.38. The van der Waals surface area contributed by atoms with Crippen LogP contribution in [0.1, 0.15) is 28.8 Å². The fourth-order valence-corrected chi connectivity index (χ4v) is 4.37. The lowest BCUT2D eigenvalue weighted by molar-refractivity contribution is 0.0697. The molecule has 0 saturated carbocycles. The number of pyridine rings is 1. The summed E-state index contributed by atoms with van der Waals surface area (Å²) in [6.45, 7) is 1.14. The summed E-state index contributed by atoms with van der Waals surface area (Å²) < 4.78 is 25.0. The highest BCUT2D eigenvalue weighted by Crippen LogP contribution is 2.25. The maximum absolute atomic E-state index is 11.7. The van der Waals surface area contributed by atoms with E-state index in [1.807, 2.05) is 12.1 Å². The molecular weight excluding hydrogens is 352 g/mol. The Morgan fingerprint density at radius 3 is 2.69 bits per heavy atom. The van der Waals surface area contributed by atoms with Crippen LogP contribution in [0, 0.1) is 5.92 Å². The second kappa shape index (κ2) is 7.55. The fraction of sp³-hybridized carbons (Fsp3) is 0.368. The molecule has 1 N–H and O–H groups in total. The van der Waals surface area contributed by atoms with E-state index in [1.165, 1.54) is 6.26 Å². The van der Waals surface area contributed by atoms with Crippen LogP contribution in [0.15, 0.2) is 42.6 Å². The zero-order valence-corrected chi connectivity index (χ0v) is 15.4. The predicted octanol–water partition coefficient (Wildman–Crippen LogP) is 2.66. The van der Waals surface area contributed by atoms with E-state index in [1.54, 1.807) is 34.8 Å². The van der Waals surface area contributed by atoms with Gasteiger partial charge in [0.25, 0.3) is 0 Å². The van der Waals surface area contributed by atoms with Gasteiger partial charge in [0.1, 0.15) is 0 Å². The summed E-state index contributed by atoms with van der Waals surface area (Å²) in [5, 5.41) is 9.31. The lowest BCUT2D eigenvalue weighted by atomic mass is 9.92. The molecule has 1 aromatic heterocycles. The number of rotatable bonds is 5. The molecule has 0 spiro atoms. The molecule has 0 radical (unpaired) electrons. The van der Waals surface area contributed by atoms with Gasteiger partial charge in [-0.1, -0.05) is 24.3 Å². The predicted molar refractivity (Wildman–Crippen MR) is 99.5 cm³/mol. The fourth-order valence-electron chi connectivity index (χ4n) is 3.43. The number of carboxylic acids is 1. The summed E-state index contributed by atoms with van der Waals surface area (Å²) in [6, 6.07) is 10.6. The van der Waals surface area contributed by atoms with Crippen LogP contribution in [-0.2, 0) is 16.4 Å². The van der Waals surface area contributed by atoms with E-state index >= 15 is 0 Å². The van der Waals surface area contributed by atoms with E-state index in [0.29, 0.717) is 24.3 Å².